The van der Waals surface area contributed by atoms with Crippen LogP contribution >= 0.6 is 0 Å². The highest BCUT2D eigenvalue weighted by atomic mass is 16.5. The topological polar surface area (TPSA) is 66.4 Å². The summed E-state index contributed by atoms with van der Waals surface area (Å²) in [6.45, 7) is 3.60. The molecule has 0 saturated carbocycles. The van der Waals surface area contributed by atoms with Gasteiger partial charge >= 0.3 is 0 Å². The van der Waals surface area contributed by atoms with Crippen molar-refractivity contribution in [1.82, 2.24) is 15.6 Å². The minimum atomic E-state index is -0.250. The molecule has 0 aliphatic carbocycles. The van der Waals surface area contributed by atoms with E-state index in [0.29, 0.717) is 13.2 Å². The fourth-order valence-electron chi connectivity index (χ4n) is 2.76. The molecule has 2 heterocycles. The molecule has 1 aromatic carbocycles. The van der Waals surface area contributed by atoms with E-state index >= 15 is 0 Å². The molecule has 23 heavy (non-hydrogen) atoms. The Hall–Kier alpha value is -1.95. The summed E-state index contributed by atoms with van der Waals surface area (Å²) in [6.07, 6.45) is 3.32. The number of benzene rings is 1. The minimum absolute atomic E-state index is 0.250. The maximum absolute atomic E-state index is 9.82. The third kappa shape index (κ3) is 4.51. The molecule has 2 atom stereocenters. The van der Waals surface area contributed by atoms with Crippen molar-refractivity contribution in [3.8, 4) is 5.75 Å². The van der Waals surface area contributed by atoms with Gasteiger partial charge in [-0.25, -0.2) is 0 Å². The predicted octanol–water partition coefficient (Wildman–Crippen LogP) is 1.33. The Morgan fingerprint density at radius 3 is 2.91 bits per heavy atom. The van der Waals surface area contributed by atoms with Gasteiger partial charge in [-0.15, -0.1) is 0 Å². The van der Waals surface area contributed by atoms with Crippen molar-refractivity contribution in [3.63, 3.8) is 0 Å². The van der Waals surface area contributed by atoms with E-state index in [2.05, 4.69) is 21.7 Å². The first-order valence-electron chi connectivity index (χ1n) is 8.02. The maximum atomic E-state index is 9.82. The zero-order valence-electron chi connectivity index (χ0n) is 13.1. The minimum Gasteiger partial charge on any atom is -0.489 e. The van der Waals surface area contributed by atoms with Crippen LogP contribution in [0.25, 0.3) is 0 Å². The van der Waals surface area contributed by atoms with E-state index in [9.17, 15) is 5.11 Å². The highest BCUT2D eigenvalue weighted by Crippen LogP contribution is 2.19. The second kappa shape index (κ2) is 8.06. The van der Waals surface area contributed by atoms with Crippen LogP contribution in [0.2, 0.25) is 0 Å². The van der Waals surface area contributed by atoms with Gasteiger partial charge in [0.1, 0.15) is 12.4 Å². The largest absolute Gasteiger partial charge is 0.489 e. The predicted molar refractivity (Wildman–Crippen MR) is 89.1 cm³/mol. The normalized spacial score (nSPS) is 20.6. The summed E-state index contributed by atoms with van der Waals surface area (Å²) in [6, 6.07) is 12.0. The van der Waals surface area contributed by atoms with E-state index in [1.807, 2.05) is 36.5 Å². The van der Waals surface area contributed by atoms with Crippen LogP contribution in [0.4, 0.5) is 0 Å². The standard InChI is InChI=1S/C18H23N3O2/c22-17-12-21-11-16(17)10-20-9-15-5-1-2-6-18(15)23-13-14-4-3-7-19-8-14/h1-8,16-17,20-22H,9-13H2. The van der Waals surface area contributed by atoms with Crippen LogP contribution in [0.3, 0.4) is 0 Å². The number of para-hydroxylation sites is 1. The Morgan fingerprint density at radius 1 is 1.22 bits per heavy atom. The fourth-order valence-corrected chi connectivity index (χ4v) is 2.76. The molecule has 1 aromatic heterocycles. The van der Waals surface area contributed by atoms with Gasteiger partial charge in [-0.2, -0.15) is 0 Å². The number of nitrogens with zero attached hydrogens (tertiary/aromatic N) is 1. The first-order chi connectivity index (χ1) is 11.3. The molecule has 1 fully saturated rings. The molecule has 3 N–H and O–H groups in total. The first kappa shape index (κ1) is 15.9. The highest BCUT2D eigenvalue weighted by Gasteiger charge is 2.24. The molecule has 1 saturated heterocycles. The highest BCUT2D eigenvalue weighted by molar-refractivity contribution is 5.33. The van der Waals surface area contributed by atoms with Crippen molar-refractivity contribution >= 4 is 0 Å². The number of ether oxygens (including phenoxy) is 1. The van der Waals surface area contributed by atoms with E-state index in [0.717, 1.165) is 36.5 Å². The summed E-state index contributed by atoms with van der Waals surface area (Å²) in [4.78, 5) is 4.10. The number of aliphatic hydroxyl groups excluding tert-OH is 1. The summed E-state index contributed by atoms with van der Waals surface area (Å²) in [7, 11) is 0. The molecule has 3 rings (SSSR count). The number of hydrogen-bond acceptors (Lipinski definition) is 5. The van der Waals surface area contributed by atoms with Crippen LogP contribution in [-0.4, -0.2) is 35.8 Å². The fraction of sp³-hybridized carbons (Fsp3) is 0.389. The molecular formula is C18H23N3O2. The van der Waals surface area contributed by atoms with Crippen molar-refractivity contribution in [2.45, 2.75) is 19.3 Å². The second-order valence-corrected chi connectivity index (χ2v) is 5.87. The van der Waals surface area contributed by atoms with E-state index in [-0.39, 0.29) is 12.0 Å². The van der Waals surface area contributed by atoms with E-state index in [1.54, 1.807) is 6.20 Å². The van der Waals surface area contributed by atoms with E-state index < -0.39 is 0 Å². The van der Waals surface area contributed by atoms with Gasteiger partial charge in [0.15, 0.2) is 0 Å². The van der Waals surface area contributed by atoms with Gasteiger partial charge in [-0.3, -0.25) is 4.98 Å². The number of hydrogen-bond donors (Lipinski definition) is 3. The Balaban J connectivity index is 1.53. The summed E-state index contributed by atoms with van der Waals surface area (Å²) < 4.78 is 5.93. The average Bonchev–Trinajstić information content (AvgIpc) is 3.00. The molecule has 122 valence electrons. The molecular weight excluding hydrogens is 290 g/mol. The molecule has 5 heteroatoms. The maximum Gasteiger partial charge on any atom is 0.124 e. The number of β-amino-alcohol motifs (C(OH)–C–C–N with tert-alkyl or cyclic N) is 1. The van der Waals surface area contributed by atoms with Gasteiger partial charge in [0, 0.05) is 55.6 Å². The lowest BCUT2D eigenvalue weighted by atomic mass is 10.1. The Labute approximate surface area is 136 Å². The molecule has 0 bridgehead atoms. The van der Waals surface area contributed by atoms with Crippen molar-refractivity contribution in [2.24, 2.45) is 5.92 Å². The van der Waals surface area contributed by atoms with Gasteiger partial charge in [0.25, 0.3) is 0 Å². The Kier molecular flexibility index (Phi) is 5.58. The SMILES string of the molecule is OC1CNCC1CNCc1ccccc1OCc1cccnc1. The Morgan fingerprint density at radius 2 is 2.13 bits per heavy atom. The third-order valence-corrected chi connectivity index (χ3v) is 4.12. The summed E-state index contributed by atoms with van der Waals surface area (Å²) in [5.41, 5.74) is 2.17. The van der Waals surface area contributed by atoms with Crippen LogP contribution in [0, 0.1) is 5.92 Å². The monoisotopic (exact) mass is 313 g/mol. The van der Waals surface area contributed by atoms with Gasteiger partial charge < -0.3 is 20.5 Å². The molecule has 2 unspecified atom stereocenters. The number of nitrogens with one attached hydrogen (secondary N) is 2. The van der Waals surface area contributed by atoms with Gasteiger partial charge in [-0.1, -0.05) is 24.3 Å². The first-order valence-corrected chi connectivity index (χ1v) is 8.02. The lowest BCUT2D eigenvalue weighted by Crippen LogP contribution is -2.30. The lowest BCUT2D eigenvalue weighted by Gasteiger charge is -2.16. The van der Waals surface area contributed by atoms with Crippen LogP contribution < -0.4 is 15.4 Å². The number of rotatable bonds is 7. The van der Waals surface area contributed by atoms with E-state index in [4.69, 9.17) is 4.74 Å². The van der Waals surface area contributed by atoms with Gasteiger partial charge in [0.2, 0.25) is 0 Å². The van der Waals surface area contributed by atoms with Crippen LogP contribution in [-0.2, 0) is 13.2 Å². The average molecular weight is 313 g/mol. The van der Waals surface area contributed by atoms with Crippen molar-refractivity contribution in [1.29, 1.82) is 0 Å². The smallest absolute Gasteiger partial charge is 0.124 e. The molecule has 0 amide bonds. The number of aliphatic hydroxyl groups is 1. The Bertz CT molecular complexity index is 606. The van der Waals surface area contributed by atoms with E-state index in [1.165, 1.54) is 0 Å². The second-order valence-electron chi connectivity index (χ2n) is 5.87. The molecule has 1 aliphatic heterocycles. The van der Waals surface area contributed by atoms with Crippen molar-refractivity contribution in [3.05, 3.63) is 59.9 Å². The number of pyridine rings is 1. The quantitative estimate of drug-likeness (QED) is 0.720. The molecule has 1 aliphatic rings. The van der Waals surface area contributed by atoms with Crippen LogP contribution in [0.5, 0.6) is 5.75 Å². The number of aromatic nitrogens is 1. The molecule has 2 aromatic rings. The summed E-state index contributed by atoms with van der Waals surface area (Å²) in [5.74, 6) is 1.16. The summed E-state index contributed by atoms with van der Waals surface area (Å²) in [5, 5.41) is 16.4. The zero-order chi connectivity index (χ0) is 15.9. The van der Waals surface area contributed by atoms with Crippen LogP contribution in [0.1, 0.15) is 11.1 Å². The molecule has 5 nitrogen and oxygen atoms in total. The van der Waals surface area contributed by atoms with Gasteiger partial charge in [-0.05, 0) is 12.1 Å². The molecule has 0 radical (unpaired) electrons. The summed E-state index contributed by atoms with van der Waals surface area (Å²) >= 11 is 0. The molecule has 0 spiro atoms. The lowest BCUT2D eigenvalue weighted by molar-refractivity contribution is 0.146. The van der Waals surface area contributed by atoms with Gasteiger partial charge in [0.05, 0.1) is 6.10 Å². The zero-order valence-corrected chi connectivity index (χ0v) is 13.1. The van der Waals surface area contributed by atoms with Crippen molar-refractivity contribution in [2.75, 3.05) is 19.6 Å². The third-order valence-electron chi connectivity index (χ3n) is 4.12. The van der Waals surface area contributed by atoms with Crippen molar-refractivity contribution < 1.29 is 9.84 Å². The van der Waals surface area contributed by atoms with Crippen LogP contribution in [0.15, 0.2) is 48.8 Å².